The van der Waals surface area contributed by atoms with E-state index >= 15 is 0 Å². The summed E-state index contributed by atoms with van der Waals surface area (Å²) in [5.41, 5.74) is 1.50. The van der Waals surface area contributed by atoms with E-state index in [0.29, 0.717) is 21.3 Å². The van der Waals surface area contributed by atoms with Gasteiger partial charge in [0.2, 0.25) is 11.8 Å². The van der Waals surface area contributed by atoms with Gasteiger partial charge in [-0.3, -0.25) is 14.4 Å². The first-order valence-corrected chi connectivity index (χ1v) is 13.8. The number of rotatable bonds is 8. The van der Waals surface area contributed by atoms with Gasteiger partial charge in [0.15, 0.2) is 0 Å². The fourth-order valence-corrected chi connectivity index (χ4v) is 5.71. The van der Waals surface area contributed by atoms with E-state index < -0.39 is 52.9 Å². The lowest BCUT2D eigenvalue weighted by Gasteiger charge is -2.11. The number of halogens is 8. The zero-order chi connectivity index (χ0) is 30.1. The third-order valence-corrected chi connectivity index (χ3v) is 7.83. The van der Waals surface area contributed by atoms with Gasteiger partial charge in [0.05, 0.1) is 22.9 Å². The molecule has 0 saturated heterocycles. The fourth-order valence-electron chi connectivity index (χ4n) is 4.13. The van der Waals surface area contributed by atoms with Gasteiger partial charge in [-0.05, 0) is 66.2 Å². The highest BCUT2D eigenvalue weighted by Gasteiger charge is 2.67. The lowest BCUT2D eigenvalue weighted by Crippen LogP contribution is -2.18. The van der Waals surface area contributed by atoms with E-state index in [-0.39, 0.29) is 22.0 Å². The molecule has 6 nitrogen and oxygen atoms in total. The number of hydrogen-bond acceptors (Lipinski definition) is 3. The summed E-state index contributed by atoms with van der Waals surface area (Å²) in [6, 6.07) is 14.9. The predicted octanol–water partition coefficient (Wildman–Crippen LogP) is 8.71. The van der Waals surface area contributed by atoms with Crippen LogP contribution in [0.15, 0.2) is 60.7 Å². The topological polar surface area (TPSA) is 87.3 Å². The Kier molecular flexibility index (Phi) is 9.35. The molecule has 216 valence electrons. The highest BCUT2D eigenvalue weighted by molar-refractivity contribution is 6.53. The van der Waals surface area contributed by atoms with E-state index in [9.17, 15) is 27.6 Å². The van der Waals surface area contributed by atoms with E-state index in [1.165, 1.54) is 42.5 Å². The third kappa shape index (κ3) is 7.99. The monoisotopic (exact) mass is 665 g/mol. The average Bonchev–Trinajstić information content (AvgIpc) is 3.46. The SMILES string of the molecule is O=C(CCC(F)(F)F)Nc1ccc(NC(=O)c2cc(NC(=O)C3C(c4cc(Cl)cc(Cl)c4)C3(Cl)Cl)ccc2Cl)cc1. The first kappa shape index (κ1) is 31.3. The van der Waals surface area contributed by atoms with Crippen molar-refractivity contribution in [3.05, 3.63) is 86.9 Å². The largest absolute Gasteiger partial charge is 0.389 e. The van der Waals surface area contributed by atoms with Crippen molar-refractivity contribution in [3.8, 4) is 0 Å². The lowest BCUT2D eigenvalue weighted by molar-refractivity contribution is -0.142. The van der Waals surface area contributed by atoms with Crippen LogP contribution in [0.3, 0.4) is 0 Å². The number of carbonyl (C=O) groups excluding carboxylic acids is 3. The van der Waals surface area contributed by atoms with E-state index in [1.807, 2.05) is 0 Å². The molecule has 3 amide bonds. The zero-order valence-electron chi connectivity index (χ0n) is 20.6. The number of nitrogens with one attached hydrogen (secondary N) is 3. The summed E-state index contributed by atoms with van der Waals surface area (Å²) >= 11 is 31.2. The van der Waals surface area contributed by atoms with Crippen LogP contribution in [0.1, 0.15) is 34.7 Å². The molecule has 14 heteroatoms. The summed E-state index contributed by atoms with van der Waals surface area (Å²) in [6.45, 7) is 0. The molecule has 3 aromatic carbocycles. The standard InChI is InChI=1S/C27H19Cl5F3N3O3/c28-14-9-13(10-15(29)11-14)22-23(27(22,31)32)25(41)38-18-5-6-20(30)19(12-18)24(40)37-17-3-1-16(2-4-17)36-21(39)7-8-26(33,34)35/h1-6,9-12,22-23H,7-8H2,(H,36,39)(H,37,40)(H,38,41). The van der Waals surface area contributed by atoms with Gasteiger partial charge in [-0.25, -0.2) is 0 Å². The Morgan fingerprint density at radius 1 is 0.780 bits per heavy atom. The summed E-state index contributed by atoms with van der Waals surface area (Å²) in [6.07, 6.45) is -6.37. The molecule has 0 aliphatic heterocycles. The molecule has 4 rings (SSSR count). The Morgan fingerprint density at radius 2 is 1.34 bits per heavy atom. The number of alkyl halides is 5. The van der Waals surface area contributed by atoms with Crippen molar-refractivity contribution in [1.29, 1.82) is 0 Å². The summed E-state index contributed by atoms with van der Waals surface area (Å²) < 4.78 is 35.5. The second-order valence-electron chi connectivity index (χ2n) is 9.21. The quantitative estimate of drug-likeness (QED) is 0.210. The zero-order valence-corrected chi connectivity index (χ0v) is 24.4. The van der Waals surface area contributed by atoms with Crippen LogP contribution in [-0.2, 0) is 9.59 Å². The molecule has 1 aliphatic rings. The lowest BCUT2D eigenvalue weighted by atomic mass is 10.1. The Bertz CT molecular complexity index is 1480. The van der Waals surface area contributed by atoms with E-state index in [4.69, 9.17) is 58.0 Å². The Labute approximate surface area is 257 Å². The molecule has 2 unspecified atom stereocenters. The van der Waals surface area contributed by atoms with Crippen LogP contribution < -0.4 is 16.0 Å². The third-order valence-electron chi connectivity index (χ3n) is 6.12. The molecular weight excluding hydrogens is 649 g/mol. The highest BCUT2D eigenvalue weighted by Crippen LogP contribution is 2.65. The molecule has 0 aromatic heterocycles. The molecule has 1 saturated carbocycles. The maximum Gasteiger partial charge on any atom is 0.389 e. The van der Waals surface area contributed by atoms with Crippen molar-refractivity contribution in [2.75, 3.05) is 16.0 Å². The van der Waals surface area contributed by atoms with Crippen LogP contribution in [0.25, 0.3) is 0 Å². The van der Waals surface area contributed by atoms with Gasteiger partial charge in [-0.2, -0.15) is 13.2 Å². The molecule has 3 N–H and O–H groups in total. The molecule has 0 heterocycles. The van der Waals surface area contributed by atoms with E-state index in [2.05, 4.69) is 16.0 Å². The Hall–Kier alpha value is -2.69. The second-order valence-corrected chi connectivity index (χ2v) is 11.9. The average molecular weight is 668 g/mol. The molecule has 3 aromatic rings. The van der Waals surface area contributed by atoms with Crippen molar-refractivity contribution in [2.24, 2.45) is 5.92 Å². The molecule has 1 aliphatic carbocycles. The first-order chi connectivity index (χ1) is 19.1. The highest BCUT2D eigenvalue weighted by atomic mass is 35.5. The number of anilines is 3. The maximum absolute atomic E-state index is 13.0. The van der Waals surface area contributed by atoms with Gasteiger partial charge in [-0.15, -0.1) is 23.2 Å². The minimum Gasteiger partial charge on any atom is -0.326 e. The molecule has 2 atom stereocenters. The van der Waals surface area contributed by atoms with Crippen LogP contribution in [0.2, 0.25) is 15.1 Å². The molecule has 0 spiro atoms. The molecule has 0 bridgehead atoms. The van der Waals surface area contributed by atoms with Gasteiger partial charge in [0.25, 0.3) is 5.91 Å². The van der Waals surface area contributed by atoms with Gasteiger partial charge < -0.3 is 16.0 Å². The molecule has 0 radical (unpaired) electrons. The molecular formula is C27H19Cl5F3N3O3. The number of benzene rings is 3. The van der Waals surface area contributed by atoms with Crippen molar-refractivity contribution in [3.63, 3.8) is 0 Å². The van der Waals surface area contributed by atoms with Gasteiger partial charge in [-0.1, -0.05) is 34.8 Å². The van der Waals surface area contributed by atoms with Crippen LogP contribution in [0.5, 0.6) is 0 Å². The fraction of sp³-hybridized carbons (Fsp3) is 0.222. The Balaban J connectivity index is 1.39. The summed E-state index contributed by atoms with van der Waals surface area (Å²) in [5, 5.41) is 8.53. The first-order valence-electron chi connectivity index (χ1n) is 11.9. The molecule has 41 heavy (non-hydrogen) atoms. The minimum atomic E-state index is -4.43. The van der Waals surface area contributed by atoms with Crippen molar-refractivity contribution in [1.82, 2.24) is 0 Å². The van der Waals surface area contributed by atoms with Crippen LogP contribution in [-0.4, -0.2) is 28.2 Å². The number of carbonyl (C=O) groups is 3. The summed E-state index contributed by atoms with van der Waals surface area (Å²) in [5.74, 6) is -3.26. The van der Waals surface area contributed by atoms with E-state index in [0.717, 1.165) is 0 Å². The molecule has 1 fully saturated rings. The number of hydrogen-bond donors (Lipinski definition) is 3. The van der Waals surface area contributed by atoms with Crippen molar-refractivity contribution < 1.29 is 27.6 Å². The minimum absolute atomic E-state index is 0.0472. The smallest absolute Gasteiger partial charge is 0.326 e. The second kappa shape index (κ2) is 12.3. The van der Waals surface area contributed by atoms with Crippen LogP contribution in [0.4, 0.5) is 30.2 Å². The summed E-state index contributed by atoms with van der Waals surface area (Å²) in [4.78, 5) is 37.6. The van der Waals surface area contributed by atoms with Gasteiger partial charge in [0.1, 0.15) is 4.33 Å². The van der Waals surface area contributed by atoms with Gasteiger partial charge in [0, 0.05) is 39.4 Å². The Morgan fingerprint density at radius 3 is 1.93 bits per heavy atom. The number of amides is 3. The van der Waals surface area contributed by atoms with E-state index in [1.54, 1.807) is 18.2 Å². The van der Waals surface area contributed by atoms with Crippen molar-refractivity contribution in [2.45, 2.75) is 29.3 Å². The van der Waals surface area contributed by atoms with Gasteiger partial charge >= 0.3 is 6.18 Å². The van der Waals surface area contributed by atoms with Crippen LogP contribution >= 0.6 is 58.0 Å². The van der Waals surface area contributed by atoms with Crippen molar-refractivity contribution >= 4 is 92.8 Å². The maximum atomic E-state index is 13.0. The predicted molar refractivity (Wildman–Crippen MR) is 156 cm³/mol. The summed E-state index contributed by atoms with van der Waals surface area (Å²) in [7, 11) is 0. The normalized spacial score (nSPS) is 17.5. The van der Waals surface area contributed by atoms with Crippen LogP contribution in [0, 0.1) is 5.92 Å².